The Balaban J connectivity index is 1.44. The van der Waals surface area contributed by atoms with Crippen LogP contribution in [0.25, 0.3) is 22.3 Å². The Morgan fingerprint density at radius 1 is 0.906 bits per heavy atom. The fraction of sp³-hybridized carbons (Fsp3) is 0.231. The van der Waals surface area contributed by atoms with Gasteiger partial charge in [-0.3, -0.25) is 4.90 Å². The van der Waals surface area contributed by atoms with Crippen LogP contribution in [0.2, 0.25) is 0 Å². The van der Waals surface area contributed by atoms with E-state index in [1.807, 2.05) is 6.07 Å². The van der Waals surface area contributed by atoms with Crippen molar-refractivity contribution in [2.24, 2.45) is 0 Å². The summed E-state index contributed by atoms with van der Waals surface area (Å²) in [6.07, 6.45) is 0. The van der Waals surface area contributed by atoms with E-state index >= 15 is 0 Å². The van der Waals surface area contributed by atoms with Crippen LogP contribution in [0.5, 0.6) is 5.75 Å². The van der Waals surface area contributed by atoms with Gasteiger partial charge in [0.2, 0.25) is 0 Å². The van der Waals surface area contributed by atoms with Crippen molar-refractivity contribution in [3.8, 4) is 17.1 Å². The minimum Gasteiger partial charge on any atom is -0.507 e. The molecule has 1 aliphatic heterocycles. The number of fused-ring (bicyclic) bond motifs is 1. The van der Waals surface area contributed by atoms with E-state index < -0.39 is 0 Å². The van der Waals surface area contributed by atoms with Gasteiger partial charge in [0.25, 0.3) is 0 Å². The number of aromatic nitrogens is 2. The lowest BCUT2D eigenvalue weighted by Gasteiger charge is -2.36. The highest BCUT2D eigenvalue weighted by Crippen LogP contribution is 2.32. The highest BCUT2D eigenvalue weighted by atomic mass is 19.1. The number of nitrogens with zero attached hydrogens (tertiary/aromatic N) is 4. The number of piperazine rings is 1. The van der Waals surface area contributed by atoms with E-state index in [2.05, 4.69) is 46.0 Å². The smallest absolute Gasteiger partial charge is 0.165 e. The van der Waals surface area contributed by atoms with Gasteiger partial charge >= 0.3 is 0 Å². The Kier molecular flexibility index (Phi) is 5.45. The summed E-state index contributed by atoms with van der Waals surface area (Å²) < 4.78 is 14.1. The van der Waals surface area contributed by atoms with Crippen LogP contribution in [0.4, 0.5) is 10.2 Å². The van der Waals surface area contributed by atoms with E-state index in [-0.39, 0.29) is 11.6 Å². The van der Waals surface area contributed by atoms with E-state index in [4.69, 9.17) is 4.98 Å². The van der Waals surface area contributed by atoms with Crippen molar-refractivity contribution in [3.05, 3.63) is 83.7 Å². The number of hydrogen-bond acceptors (Lipinski definition) is 5. The van der Waals surface area contributed by atoms with Gasteiger partial charge in [0.05, 0.1) is 11.1 Å². The maximum Gasteiger partial charge on any atom is 0.165 e. The Morgan fingerprint density at radius 3 is 2.50 bits per heavy atom. The first kappa shape index (κ1) is 20.4. The predicted octanol–water partition coefficient (Wildman–Crippen LogP) is 4.77. The van der Waals surface area contributed by atoms with Gasteiger partial charge in [0.1, 0.15) is 17.4 Å². The summed E-state index contributed by atoms with van der Waals surface area (Å²) in [7, 11) is 0. The topological polar surface area (TPSA) is 52.5 Å². The number of phenolic OH excluding ortho intramolecular Hbond substituents is 1. The molecule has 0 unspecified atom stereocenters. The lowest BCUT2D eigenvalue weighted by Crippen LogP contribution is -2.46. The first-order chi connectivity index (χ1) is 15.6. The van der Waals surface area contributed by atoms with Crippen LogP contribution >= 0.6 is 0 Å². The minimum absolute atomic E-state index is 0.128. The standard InChI is InChI=1S/C26H25FN4O/c1-18-5-4-6-19(15-18)17-30-11-13-31(14-12-30)26-22-16-20(27)9-10-23(22)28-25(29-26)21-7-2-3-8-24(21)32/h2-10,15-16,32H,11-14,17H2,1H3. The van der Waals surface area contributed by atoms with Gasteiger partial charge in [-0.1, -0.05) is 42.0 Å². The molecule has 162 valence electrons. The minimum atomic E-state index is -0.309. The van der Waals surface area contributed by atoms with Gasteiger partial charge in [-0.25, -0.2) is 14.4 Å². The maximum atomic E-state index is 14.1. The molecule has 5 rings (SSSR count). The van der Waals surface area contributed by atoms with Gasteiger partial charge < -0.3 is 10.0 Å². The van der Waals surface area contributed by atoms with Crippen molar-refractivity contribution in [1.29, 1.82) is 0 Å². The average molecular weight is 429 g/mol. The average Bonchev–Trinajstić information content (AvgIpc) is 2.79. The van der Waals surface area contributed by atoms with Crippen molar-refractivity contribution in [2.45, 2.75) is 13.5 Å². The Hall–Kier alpha value is -3.51. The van der Waals surface area contributed by atoms with Crippen molar-refractivity contribution >= 4 is 16.7 Å². The fourth-order valence-electron chi connectivity index (χ4n) is 4.30. The summed E-state index contributed by atoms with van der Waals surface area (Å²) in [4.78, 5) is 14.0. The molecule has 0 spiro atoms. The van der Waals surface area contributed by atoms with Crippen LogP contribution in [-0.4, -0.2) is 46.2 Å². The summed E-state index contributed by atoms with van der Waals surface area (Å²) in [6.45, 7) is 6.38. The van der Waals surface area contributed by atoms with E-state index in [0.717, 1.165) is 32.7 Å². The molecule has 32 heavy (non-hydrogen) atoms. The summed E-state index contributed by atoms with van der Waals surface area (Å²) >= 11 is 0. The monoisotopic (exact) mass is 428 g/mol. The number of aryl methyl sites for hydroxylation is 1. The van der Waals surface area contributed by atoms with Crippen molar-refractivity contribution < 1.29 is 9.50 Å². The number of anilines is 1. The number of halogens is 1. The molecule has 6 heteroatoms. The van der Waals surface area contributed by atoms with Crippen molar-refractivity contribution in [3.63, 3.8) is 0 Å². The zero-order valence-corrected chi connectivity index (χ0v) is 18.0. The summed E-state index contributed by atoms with van der Waals surface area (Å²) in [5, 5.41) is 11.0. The lowest BCUT2D eigenvalue weighted by molar-refractivity contribution is 0.249. The molecule has 1 aromatic heterocycles. The van der Waals surface area contributed by atoms with Crippen LogP contribution in [-0.2, 0) is 6.54 Å². The predicted molar refractivity (Wildman–Crippen MR) is 125 cm³/mol. The second-order valence-electron chi connectivity index (χ2n) is 8.30. The first-order valence-corrected chi connectivity index (χ1v) is 10.9. The Morgan fingerprint density at radius 2 is 1.72 bits per heavy atom. The van der Waals surface area contributed by atoms with Crippen LogP contribution < -0.4 is 4.90 Å². The molecule has 0 atom stereocenters. The molecule has 1 N–H and O–H groups in total. The number of rotatable bonds is 4. The molecule has 4 aromatic rings. The third-order valence-electron chi connectivity index (χ3n) is 5.94. The molecule has 1 fully saturated rings. The van der Waals surface area contributed by atoms with Crippen molar-refractivity contribution in [2.75, 3.05) is 31.1 Å². The highest BCUT2D eigenvalue weighted by Gasteiger charge is 2.22. The molecule has 0 radical (unpaired) electrons. The van der Waals surface area contributed by atoms with E-state index in [1.165, 1.54) is 23.3 Å². The lowest BCUT2D eigenvalue weighted by atomic mass is 10.1. The van der Waals surface area contributed by atoms with E-state index in [0.29, 0.717) is 28.1 Å². The number of phenols is 1. The number of benzene rings is 3. The molecule has 3 aromatic carbocycles. The second kappa shape index (κ2) is 8.55. The molecular formula is C26H25FN4O. The fourth-order valence-corrected chi connectivity index (χ4v) is 4.30. The maximum absolute atomic E-state index is 14.1. The van der Waals surface area contributed by atoms with Gasteiger partial charge in [-0.2, -0.15) is 0 Å². The van der Waals surface area contributed by atoms with Gasteiger partial charge in [0.15, 0.2) is 5.82 Å². The second-order valence-corrected chi connectivity index (χ2v) is 8.30. The van der Waals surface area contributed by atoms with E-state index in [1.54, 1.807) is 24.3 Å². The quantitative estimate of drug-likeness (QED) is 0.507. The van der Waals surface area contributed by atoms with Gasteiger partial charge in [-0.05, 0) is 42.8 Å². The summed E-state index contributed by atoms with van der Waals surface area (Å²) in [5.41, 5.74) is 3.82. The van der Waals surface area contributed by atoms with Crippen LogP contribution in [0, 0.1) is 12.7 Å². The third-order valence-corrected chi connectivity index (χ3v) is 5.94. The Labute approximate surface area is 186 Å². The molecule has 0 aliphatic carbocycles. The summed E-state index contributed by atoms with van der Waals surface area (Å²) in [5.74, 6) is 0.973. The molecular weight excluding hydrogens is 403 g/mol. The number of aromatic hydroxyl groups is 1. The van der Waals surface area contributed by atoms with Crippen molar-refractivity contribution in [1.82, 2.24) is 14.9 Å². The first-order valence-electron chi connectivity index (χ1n) is 10.9. The Bertz CT molecular complexity index is 1270. The van der Waals surface area contributed by atoms with Gasteiger partial charge in [0, 0.05) is 38.1 Å². The normalized spacial score (nSPS) is 14.8. The highest BCUT2D eigenvalue weighted by molar-refractivity contribution is 5.91. The molecule has 0 amide bonds. The number of para-hydroxylation sites is 1. The molecule has 1 aliphatic rings. The molecule has 1 saturated heterocycles. The number of hydrogen-bond donors (Lipinski definition) is 1. The zero-order valence-electron chi connectivity index (χ0n) is 18.0. The van der Waals surface area contributed by atoms with Crippen LogP contribution in [0.1, 0.15) is 11.1 Å². The summed E-state index contributed by atoms with van der Waals surface area (Å²) in [6, 6.07) is 20.2. The third kappa shape index (κ3) is 4.14. The molecule has 0 saturated carbocycles. The molecule has 0 bridgehead atoms. The largest absolute Gasteiger partial charge is 0.507 e. The molecule has 2 heterocycles. The molecule has 5 nitrogen and oxygen atoms in total. The van der Waals surface area contributed by atoms with Crippen LogP contribution in [0.15, 0.2) is 66.7 Å². The van der Waals surface area contributed by atoms with Crippen LogP contribution in [0.3, 0.4) is 0 Å². The SMILES string of the molecule is Cc1cccc(CN2CCN(c3nc(-c4ccccc4O)nc4ccc(F)cc34)CC2)c1. The zero-order chi connectivity index (χ0) is 22.1. The van der Waals surface area contributed by atoms with E-state index in [9.17, 15) is 9.50 Å². The van der Waals surface area contributed by atoms with Gasteiger partial charge in [-0.15, -0.1) is 0 Å².